The Balaban J connectivity index is 2.44. The third-order valence-corrected chi connectivity index (χ3v) is 2.29. The fraction of sp³-hybridized carbons (Fsp3) is 0.462. The van der Waals surface area contributed by atoms with Gasteiger partial charge in [0.25, 0.3) is 0 Å². The molecular formula is C13H19NO3. The summed E-state index contributed by atoms with van der Waals surface area (Å²) in [7, 11) is 0. The molecule has 0 spiro atoms. The molecule has 0 amide bonds. The summed E-state index contributed by atoms with van der Waals surface area (Å²) in [5.41, 5.74) is 7.56. The summed E-state index contributed by atoms with van der Waals surface area (Å²) in [6.07, 6.45) is 0.961. The molecule has 0 atom stereocenters. The van der Waals surface area contributed by atoms with Crippen LogP contribution >= 0.6 is 0 Å². The summed E-state index contributed by atoms with van der Waals surface area (Å²) in [6, 6.07) is 5.19. The molecule has 2 N–H and O–H groups in total. The number of hydrogen-bond donors (Lipinski definition) is 1. The predicted molar refractivity (Wildman–Crippen MR) is 67.0 cm³/mol. The number of aryl methyl sites for hydroxylation is 1. The lowest BCUT2D eigenvalue weighted by molar-refractivity contribution is 0.0318. The minimum atomic E-state index is -0.352. The number of rotatable bonds is 6. The Morgan fingerprint density at radius 1 is 1.29 bits per heavy atom. The van der Waals surface area contributed by atoms with Crippen molar-refractivity contribution in [2.45, 2.75) is 20.3 Å². The van der Waals surface area contributed by atoms with Crippen molar-refractivity contribution >= 4 is 11.7 Å². The second-order valence-corrected chi connectivity index (χ2v) is 3.82. The summed E-state index contributed by atoms with van der Waals surface area (Å²) in [6.45, 7) is 5.27. The van der Waals surface area contributed by atoms with Crippen LogP contribution < -0.4 is 5.73 Å². The highest BCUT2D eigenvalue weighted by molar-refractivity contribution is 5.92. The van der Waals surface area contributed by atoms with Crippen molar-refractivity contribution in [1.29, 1.82) is 0 Å². The van der Waals surface area contributed by atoms with Crippen molar-refractivity contribution < 1.29 is 14.3 Å². The summed E-state index contributed by atoms with van der Waals surface area (Å²) in [4.78, 5) is 11.7. The van der Waals surface area contributed by atoms with Crippen molar-refractivity contribution in [2.75, 3.05) is 25.6 Å². The second-order valence-electron chi connectivity index (χ2n) is 3.82. The molecule has 94 valence electrons. The molecule has 0 saturated carbocycles. The Labute approximate surface area is 102 Å². The Morgan fingerprint density at radius 3 is 2.76 bits per heavy atom. The zero-order valence-corrected chi connectivity index (χ0v) is 10.4. The van der Waals surface area contributed by atoms with E-state index in [2.05, 4.69) is 0 Å². The first-order valence-corrected chi connectivity index (χ1v) is 5.76. The standard InChI is InChI=1S/C13H19NO3/c1-3-6-16-7-8-17-13(15)12-9-11(14)5-4-10(12)2/h4-5,9H,3,6-8,14H2,1-2H3. The lowest BCUT2D eigenvalue weighted by Gasteiger charge is -2.08. The van der Waals surface area contributed by atoms with Gasteiger partial charge in [-0.2, -0.15) is 0 Å². The van der Waals surface area contributed by atoms with E-state index in [0.29, 0.717) is 24.5 Å². The number of esters is 1. The molecule has 0 aliphatic carbocycles. The molecule has 17 heavy (non-hydrogen) atoms. The van der Waals surface area contributed by atoms with Crippen LogP contribution in [-0.2, 0) is 9.47 Å². The number of nitrogens with two attached hydrogens (primary N) is 1. The lowest BCUT2D eigenvalue weighted by atomic mass is 10.1. The van der Waals surface area contributed by atoms with Crippen LogP contribution in [0.1, 0.15) is 29.3 Å². The average molecular weight is 237 g/mol. The maximum absolute atomic E-state index is 11.7. The summed E-state index contributed by atoms with van der Waals surface area (Å²) < 4.78 is 10.3. The van der Waals surface area contributed by atoms with Gasteiger partial charge in [0.05, 0.1) is 12.2 Å². The molecule has 1 aromatic rings. The highest BCUT2D eigenvalue weighted by Crippen LogP contribution is 2.13. The normalized spacial score (nSPS) is 10.2. The number of carbonyl (C=O) groups excluding carboxylic acids is 1. The van der Waals surface area contributed by atoms with E-state index in [-0.39, 0.29) is 12.6 Å². The molecule has 0 heterocycles. The van der Waals surface area contributed by atoms with E-state index in [1.807, 2.05) is 13.8 Å². The monoisotopic (exact) mass is 237 g/mol. The molecule has 1 rings (SSSR count). The molecule has 0 radical (unpaired) electrons. The number of hydrogen-bond acceptors (Lipinski definition) is 4. The van der Waals surface area contributed by atoms with Gasteiger partial charge in [0.2, 0.25) is 0 Å². The molecule has 1 aromatic carbocycles. The van der Waals surface area contributed by atoms with Gasteiger partial charge in [-0.1, -0.05) is 13.0 Å². The molecule has 4 heteroatoms. The van der Waals surface area contributed by atoms with Gasteiger partial charge < -0.3 is 15.2 Å². The van der Waals surface area contributed by atoms with Gasteiger partial charge in [0.15, 0.2) is 0 Å². The van der Waals surface area contributed by atoms with Gasteiger partial charge in [-0.05, 0) is 31.0 Å². The second kappa shape index (κ2) is 6.91. The van der Waals surface area contributed by atoms with E-state index in [0.717, 1.165) is 12.0 Å². The van der Waals surface area contributed by atoms with Gasteiger partial charge in [-0.15, -0.1) is 0 Å². The molecule has 0 bridgehead atoms. The highest BCUT2D eigenvalue weighted by atomic mass is 16.6. The van der Waals surface area contributed by atoms with Crippen molar-refractivity contribution in [3.8, 4) is 0 Å². The van der Waals surface area contributed by atoms with Gasteiger partial charge in [-0.25, -0.2) is 4.79 Å². The van der Waals surface area contributed by atoms with Crippen molar-refractivity contribution in [2.24, 2.45) is 0 Å². The third kappa shape index (κ3) is 4.44. The predicted octanol–water partition coefficient (Wildman–Crippen LogP) is 2.16. The van der Waals surface area contributed by atoms with E-state index in [1.165, 1.54) is 0 Å². The number of anilines is 1. The molecule has 0 aromatic heterocycles. The Hall–Kier alpha value is -1.55. The van der Waals surface area contributed by atoms with E-state index >= 15 is 0 Å². The van der Waals surface area contributed by atoms with Crippen LogP contribution in [0.2, 0.25) is 0 Å². The minimum absolute atomic E-state index is 0.271. The van der Waals surface area contributed by atoms with Gasteiger partial charge in [0.1, 0.15) is 6.61 Å². The topological polar surface area (TPSA) is 61.5 Å². The van der Waals surface area contributed by atoms with Gasteiger partial charge >= 0.3 is 5.97 Å². The third-order valence-electron chi connectivity index (χ3n) is 2.29. The molecule has 0 saturated heterocycles. The van der Waals surface area contributed by atoms with Gasteiger partial charge in [-0.3, -0.25) is 0 Å². The molecule has 0 aliphatic heterocycles. The van der Waals surface area contributed by atoms with E-state index in [4.69, 9.17) is 15.2 Å². The van der Waals surface area contributed by atoms with Crippen LogP contribution in [0.5, 0.6) is 0 Å². The Morgan fingerprint density at radius 2 is 2.06 bits per heavy atom. The van der Waals surface area contributed by atoms with E-state index in [1.54, 1.807) is 18.2 Å². The highest BCUT2D eigenvalue weighted by Gasteiger charge is 2.10. The fourth-order valence-electron chi connectivity index (χ4n) is 1.38. The minimum Gasteiger partial charge on any atom is -0.460 e. The summed E-state index contributed by atoms with van der Waals surface area (Å²) in [5, 5.41) is 0. The summed E-state index contributed by atoms with van der Waals surface area (Å²) in [5.74, 6) is -0.352. The van der Waals surface area contributed by atoms with Gasteiger partial charge in [0, 0.05) is 12.3 Å². The first-order chi connectivity index (χ1) is 8.15. The van der Waals surface area contributed by atoms with Crippen LogP contribution in [-0.4, -0.2) is 25.8 Å². The zero-order chi connectivity index (χ0) is 12.7. The fourth-order valence-corrected chi connectivity index (χ4v) is 1.38. The number of benzene rings is 1. The molecule has 0 fully saturated rings. The van der Waals surface area contributed by atoms with Crippen LogP contribution in [0.3, 0.4) is 0 Å². The Kier molecular flexibility index (Phi) is 5.49. The molecule has 0 unspecified atom stereocenters. The van der Waals surface area contributed by atoms with Crippen molar-refractivity contribution in [1.82, 2.24) is 0 Å². The average Bonchev–Trinajstić information content (AvgIpc) is 2.32. The van der Waals surface area contributed by atoms with Crippen LogP contribution in [0.25, 0.3) is 0 Å². The Bertz CT molecular complexity index is 377. The first-order valence-electron chi connectivity index (χ1n) is 5.76. The SMILES string of the molecule is CCCOCCOC(=O)c1cc(N)ccc1C. The zero-order valence-electron chi connectivity index (χ0n) is 10.4. The number of ether oxygens (including phenoxy) is 2. The quantitative estimate of drug-likeness (QED) is 0.468. The maximum atomic E-state index is 11.7. The smallest absolute Gasteiger partial charge is 0.338 e. The van der Waals surface area contributed by atoms with Crippen LogP contribution in [0.15, 0.2) is 18.2 Å². The van der Waals surface area contributed by atoms with Crippen LogP contribution in [0.4, 0.5) is 5.69 Å². The number of nitrogen functional groups attached to an aromatic ring is 1. The van der Waals surface area contributed by atoms with Crippen LogP contribution in [0, 0.1) is 6.92 Å². The molecule has 4 nitrogen and oxygen atoms in total. The molecule has 0 aliphatic rings. The summed E-state index contributed by atoms with van der Waals surface area (Å²) >= 11 is 0. The van der Waals surface area contributed by atoms with Crippen molar-refractivity contribution in [3.05, 3.63) is 29.3 Å². The number of carbonyl (C=O) groups is 1. The van der Waals surface area contributed by atoms with E-state index in [9.17, 15) is 4.79 Å². The maximum Gasteiger partial charge on any atom is 0.338 e. The first kappa shape index (κ1) is 13.5. The largest absolute Gasteiger partial charge is 0.460 e. The van der Waals surface area contributed by atoms with Crippen molar-refractivity contribution in [3.63, 3.8) is 0 Å². The van der Waals surface area contributed by atoms with E-state index < -0.39 is 0 Å². The lowest BCUT2D eigenvalue weighted by Crippen LogP contribution is -2.12. The molecular weight excluding hydrogens is 218 g/mol.